The van der Waals surface area contributed by atoms with Gasteiger partial charge in [-0.3, -0.25) is 9.52 Å². The fourth-order valence-corrected chi connectivity index (χ4v) is 4.24. The van der Waals surface area contributed by atoms with E-state index in [9.17, 15) is 26.7 Å². The number of carbonyl (C=O) groups excluding carboxylic acids is 1. The SMILES string of the molecule is CC(C)(O)C(=O)Nc1ccc(S(=O)(=O)c2ccc(NS(C)(=O)=O)cc2)cc1Cl. The smallest absolute Gasteiger partial charge is 0.255 e. The van der Waals surface area contributed by atoms with Gasteiger partial charge in [-0.15, -0.1) is 0 Å². The van der Waals surface area contributed by atoms with Crippen molar-refractivity contribution in [3.63, 3.8) is 0 Å². The summed E-state index contributed by atoms with van der Waals surface area (Å²) >= 11 is 6.08. The third kappa shape index (κ3) is 5.44. The predicted octanol–water partition coefficient (Wildman–Crippen LogP) is 2.25. The first-order valence-corrected chi connectivity index (χ1v) is 11.6. The molecule has 0 atom stereocenters. The fourth-order valence-electron chi connectivity index (χ4n) is 2.09. The number of halogens is 1. The second-order valence-electron chi connectivity index (χ2n) is 6.56. The van der Waals surface area contributed by atoms with E-state index in [4.69, 9.17) is 11.6 Å². The topological polar surface area (TPSA) is 130 Å². The van der Waals surface area contributed by atoms with Gasteiger partial charge in [-0.2, -0.15) is 0 Å². The van der Waals surface area contributed by atoms with Crippen molar-refractivity contribution in [3.8, 4) is 0 Å². The van der Waals surface area contributed by atoms with E-state index in [0.29, 0.717) is 0 Å². The third-order valence-corrected chi connectivity index (χ3v) is 6.21. The minimum absolute atomic E-state index is 0.0194. The molecular weight excluding hydrogens is 428 g/mol. The molecule has 2 aromatic carbocycles. The van der Waals surface area contributed by atoms with Crippen LogP contribution in [0.5, 0.6) is 0 Å². The molecule has 0 bridgehead atoms. The zero-order valence-electron chi connectivity index (χ0n) is 15.2. The first-order chi connectivity index (χ1) is 12.7. The number of nitrogens with one attached hydrogen (secondary N) is 2. The zero-order valence-corrected chi connectivity index (χ0v) is 17.6. The van der Waals surface area contributed by atoms with E-state index in [-0.39, 0.29) is 26.2 Å². The second kappa shape index (κ2) is 7.70. The van der Waals surface area contributed by atoms with Crippen LogP contribution in [-0.4, -0.2) is 39.7 Å². The van der Waals surface area contributed by atoms with E-state index in [1.807, 2.05) is 0 Å². The van der Waals surface area contributed by atoms with Crippen LogP contribution in [0.1, 0.15) is 13.8 Å². The van der Waals surface area contributed by atoms with Crippen molar-refractivity contribution < 1.29 is 26.7 Å². The van der Waals surface area contributed by atoms with Gasteiger partial charge in [-0.05, 0) is 56.3 Å². The number of hydrogen-bond acceptors (Lipinski definition) is 6. The standard InChI is InChI=1S/C17H19ClN2O6S2/c1-17(2,22)16(21)19-15-9-8-13(10-14(15)18)28(25,26)12-6-4-11(5-7-12)20-27(3,23)24/h4-10,20,22H,1-3H3,(H,19,21). The van der Waals surface area contributed by atoms with Crippen molar-refractivity contribution >= 4 is 48.7 Å². The Labute approximate surface area is 168 Å². The molecule has 152 valence electrons. The van der Waals surface area contributed by atoms with Gasteiger partial charge in [0.1, 0.15) is 5.60 Å². The summed E-state index contributed by atoms with van der Waals surface area (Å²) in [5.41, 5.74) is -1.25. The molecule has 3 N–H and O–H groups in total. The molecule has 0 spiro atoms. The Kier molecular flexibility index (Phi) is 6.10. The number of amides is 1. The van der Waals surface area contributed by atoms with Gasteiger partial charge in [0, 0.05) is 5.69 Å². The molecule has 2 aromatic rings. The number of rotatable bonds is 6. The number of anilines is 2. The van der Waals surface area contributed by atoms with Crippen molar-refractivity contribution in [2.75, 3.05) is 16.3 Å². The summed E-state index contributed by atoms with van der Waals surface area (Å²) in [6.07, 6.45) is 0.984. The highest BCUT2D eigenvalue weighted by Crippen LogP contribution is 2.29. The van der Waals surface area contributed by atoms with Crippen molar-refractivity contribution in [1.29, 1.82) is 0 Å². The predicted molar refractivity (Wildman–Crippen MR) is 107 cm³/mol. The van der Waals surface area contributed by atoms with E-state index < -0.39 is 31.4 Å². The van der Waals surface area contributed by atoms with Crippen LogP contribution in [0.2, 0.25) is 5.02 Å². The van der Waals surface area contributed by atoms with Gasteiger partial charge in [0.25, 0.3) is 5.91 Å². The van der Waals surface area contributed by atoms with Gasteiger partial charge in [-0.25, -0.2) is 16.8 Å². The molecule has 11 heteroatoms. The zero-order chi connectivity index (χ0) is 21.3. The lowest BCUT2D eigenvalue weighted by atomic mass is 10.1. The molecular formula is C17H19ClN2O6S2. The van der Waals surface area contributed by atoms with Crippen LogP contribution in [0.25, 0.3) is 0 Å². The van der Waals surface area contributed by atoms with Crippen molar-refractivity contribution in [2.24, 2.45) is 0 Å². The van der Waals surface area contributed by atoms with E-state index >= 15 is 0 Å². The molecule has 0 aliphatic carbocycles. The highest BCUT2D eigenvalue weighted by molar-refractivity contribution is 7.92. The molecule has 0 aliphatic heterocycles. The Morgan fingerprint density at radius 2 is 1.54 bits per heavy atom. The van der Waals surface area contributed by atoms with E-state index in [0.717, 1.165) is 6.26 Å². The van der Waals surface area contributed by atoms with Crippen molar-refractivity contribution in [2.45, 2.75) is 29.2 Å². The number of sulfonamides is 1. The summed E-state index contributed by atoms with van der Waals surface area (Å²) in [6, 6.07) is 8.95. The van der Waals surface area contributed by atoms with E-state index in [1.165, 1.54) is 56.3 Å². The molecule has 2 rings (SSSR count). The average molecular weight is 447 g/mol. The van der Waals surface area contributed by atoms with Gasteiger partial charge >= 0.3 is 0 Å². The molecule has 1 amide bonds. The van der Waals surface area contributed by atoms with Crippen molar-refractivity contribution in [3.05, 3.63) is 47.5 Å². The maximum atomic E-state index is 12.8. The van der Waals surface area contributed by atoms with Gasteiger partial charge < -0.3 is 10.4 Å². The third-order valence-electron chi connectivity index (χ3n) is 3.52. The molecule has 0 heterocycles. The van der Waals surface area contributed by atoms with Crippen LogP contribution in [0.15, 0.2) is 52.3 Å². The lowest BCUT2D eigenvalue weighted by molar-refractivity contribution is -0.130. The summed E-state index contributed by atoms with van der Waals surface area (Å²) in [6.45, 7) is 2.61. The maximum Gasteiger partial charge on any atom is 0.255 e. The number of carbonyl (C=O) groups is 1. The highest BCUT2D eigenvalue weighted by atomic mass is 35.5. The van der Waals surface area contributed by atoms with Gasteiger partial charge in [0.2, 0.25) is 19.9 Å². The molecule has 0 unspecified atom stereocenters. The quantitative estimate of drug-likeness (QED) is 0.624. The van der Waals surface area contributed by atoms with E-state index in [1.54, 1.807) is 0 Å². The largest absolute Gasteiger partial charge is 0.381 e. The van der Waals surface area contributed by atoms with Crippen LogP contribution in [0.4, 0.5) is 11.4 Å². The van der Waals surface area contributed by atoms with E-state index in [2.05, 4.69) is 10.0 Å². The first-order valence-electron chi connectivity index (χ1n) is 7.86. The molecule has 0 radical (unpaired) electrons. The first kappa shape index (κ1) is 22.2. The van der Waals surface area contributed by atoms with Gasteiger partial charge in [-0.1, -0.05) is 11.6 Å². The molecule has 0 saturated carbocycles. The van der Waals surface area contributed by atoms with Gasteiger partial charge in [0.05, 0.1) is 26.8 Å². The van der Waals surface area contributed by atoms with Crippen LogP contribution in [-0.2, 0) is 24.7 Å². The highest BCUT2D eigenvalue weighted by Gasteiger charge is 2.25. The summed E-state index contributed by atoms with van der Waals surface area (Å²) in [4.78, 5) is 11.7. The molecule has 0 saturated heterocycles. The van der Waals surface area contributed by atoms with Crippen LogP contribution < -0.4 is 10.0 Å². The Bertz CT molecular complexity index is 1110. The van der Waals surface area contributed by atoms with Crippen LogP contribution in [0.3, 0.4) is 0 Å². The molecule has 0 aromatic heterocycles. The lowest BCUT2D eigenvalue weighted by Crippen LogP contribution is -2.36. The lowest BCUT2D eigenvalue weighted by Gasteiger charge is -2.17. The van der Waals surface area contributed by atoms with Gasteiger partial charge in [0.15, 0.2) is 0 Å². The second-order valence-corrected chi connectivity index (χ2v) is 10.7. The molecule has 28 heavy (non-hydrogen) atoms. The molecule has 0 fully saturated rings. The summed E-state index contributed by atoms with van der Waals surface area (Å²) in [5.74, 6) is -0.695. The Morgan fingerprint density at radius 3 is 2.00 bits per heavy atom. The Balaban J connectivity index is 2.31. The van der Waals surface area contributed by atoms with Crippen molar-refractivity contribution in [1.82, 2.24) is 0 Å². The Hall–Kier alpha value is -2.14. The summed E-state index contributed by atoms with van der Waals surface area (Å²) < 4.78 is 50.2. The Morgan fingerprint density at radius 1 is 1.00 bits per heavy atom. The fraction of sp³-hybridized carbons (Fsp3) is 0.235. The summed E-state index contributed by atoms with van der Waals surface area (Å²) in [5, 5.41) is 12.1. The number of benzene rings is 2. The van der Waals surface area contributed by atoms with Crippen LogP contribution >= 0.6 is 11.6 Å². The number of hydrogen-bond donors (Lipinski definition) is 3. The molecule has 0 aliphatic rings. The number of sulfone groups is 1. The monoisotopic (exact) mass is 446 g/mol. The normalized spacial score (nSPS) is 12.5. The van der Waals surface area contributed by atoms with Crippen LogP contribution in [0, 0.1) is 0 Å². The maximum absolute atomic E-state index is 12.8. The summed E-state index contributed by atoms with van der Waals surface area (Å²) in [7, 11) is -7.40. The average Bonchev–Trinajstić information content (AvgIpc) is 2.54. The molecule has 8 nitrogen and oxygen atoms in total. The minimum atomic E-state index is -3.92. The number of aliphatic hydroxyl groups is 1. The minimum Gasteiger partial charge on any atom is -0.381 e.